The van der Waals surface area contributed by atoms with E-state index < -0.39 is 35.5 Å². The van der Waals surface area contributed by atoms with E-state index in [9.17, 15) is 35.9 Å². The molecule has 1 aromatic heterocycles. The van der Waals surface area contributed by atoms with Crippen LogP contribution in [0, 0.1) is 0 Å². The molecule has 0 atom stereocenters. The van der Waals surface area contributed by atoms with Crippen LogP contribution in [0.2, 0.25) is 0 Å². The number of nitrogens with zero attached hydrogens (tertiary/aromatic N) is 1. The first-order valence-corrected chi connectivity index (χ1v) is 7.92. The normalized spacial score (nSPS) is 12.2. The van der Waals surface area contributed by atoms with Gasteiger partial charge in [0.05, 0.1) is 5.56 Å². The van der Waals surface area contributed by atoms with Gasteiger partial charge in [-0.05, 0) is 17.7 Å². The van der Waals surface area contributed by atoms with Crippen molar-refractivity contribution in [3.8, 4) is 0 Å². The van der Waals surface area contributed by atoms with Crippen molar-refractivity contribution in [3.05, 3.63) is 66.0 Å². The summed E-state index contributed by atoms with van der Waals surface area (Å²) in [4.78, 5) is 27.3. The summed E-state index contributed by atoms with van der Waals surface area (Å²) in [6, 6.07) is 8.12. The van der Waals surface area contributed by atoms with Gasteiger partial charge < -0.3 is 10.6 Å². The third kappa shape index (κ3) is 5.15. The summed E-state index contributed by atoms with van der Waals surface area (Å²) in [6.45, 7) is -0.338. The van der Waals surface area contributed by atoms with E-state index in [4.69, 9.17) is 0 Å². The predicted octanol–water partition coefficient (Wildman–Crippen LogP) is 3.13. The Hall–Kier alpha value is -3.31. The number of nitrogens with one attached hydrogen (secondary N) is 3. The van der Waals surface area contributed by atoms with Crippen LogP contribution in [0.4, 0.5) is 31.1 Å². The number of amides is 3. The van der Waals surface area contributed by atoms with Crippen LogP contribution >= 0.6 is 0 Å². The number of alkyl halides is 6. The molecule has 6 nitrogen and oxygen atoms in total. The first-order chi connectivity index (χ1) is 13.5. The van der Waals surface area contributed by atoms with Gasteiger partial charge in [-0.15, -0.1) is 0 Å². The van der Waals surface area contributed by atoms with Crippen molar-refractivity contribution < 1.29 is 35.9 Å². The van der Waals surface area contributed by atoms with Crippen molar-refractivity contribution in [1.29, 1.82) is 0 Å². The molecule has 3 N–H and O–H groups in total. The Kier molecular flexibility index (Phi) is 6.34. The summed E-state index contributed by atoms with van der Waals surface area (Å²) in [6.07, 6.45) is -10.3. The molecule has 0 aliphatic heterocycles. The quantitative estimate of drug-likeness (QED) is 0.514. The van der Waals surface area contributed by atoms with Crippen molar-refractivity contribution in [1.82, 2.24) is 20.9 Å². The van der Waals surface area contributed by atoms with Crippen molar-refractivity contribution >= 4 is 11.9 Å². The Morgan fingerprint density at radius 2 is 1.48 bits per heavy atom. The van der Waals surface area contributed by atoms with Crippen molar-refractivity contribution in [2.24, 2.45) is 0 Å². The SMILES string of the molecule is O=C(NCc1ccccc1)NC(NC(=O)c1cccnc1)(C(F)(F)F)C(F)(F)F. The second kappa shape index (κ2) is 8.37. The lowest BCUT2D eigenvalue weighted by atomic mass is 10.1. The molecule has 12 heteroatoms. The van der Waals surface area contributed by atoms with E-state index in [2.05, 4.69) is 4.98 Å². The lowest BCUT2D eigenvalue weighted by molar-refractivity contribution is -0.310. The molecule has 2 rings (SSSR count). The molecule has 2 aromatic rings. The average Bonchev–Trinajstić information content (AvgIpc) is 2.65. The Morgan fingerprint density at radius 1 is 0.862 bits per heavy atom. The zero-order valence-corrected chi connectivity index (χ0v) is 14.4. The highest BCUT2D eigenvalue weighted by Crippen LogP contribution is 2.41. The smallest absolute Gasteiger partial charge is 0.334 e. The fraction of sp³-hybridized carbons (Fsp3) is 0.235. The standard InChI is InChI=1S/C17H14F6N4O2/c18-16(19,20)15(17(21,22)23,26-13(28)12-7-4-8-24-10-12)27-14(29)25-9-11-5-2-1-3-6-11/h1-8,10H,9H2,(H,26,28)(H2,25,27,29). The van der Waals surface area contributed by atoms with Crippen molar-refractivity contribution in [2.75, 3.05) is 0 Å². The van der Waals surface area contributed by atoms with Crippen LogP contribution < -0.4 is 16.0 Å². The molecule has 3 amide bonds. The van der Waals surface area contributed by atoms with E-state index in [-0.39, 0.29) is 6.54 Å². The molecular formula is C17H14F6N4O2. The number of hydrogen-bond donors (Lipinski definition) is 3. The van der Waals surface area contributed by atoms with Gasteiger partial charge in [0.15, 0.2) is 0 Å². The zero-order valence-electron chi connectivity index (χ0n) is 14.4. The number of benzene rings is 1. The Morgan fingerprint density at radius 3 is 2.00 bits per heavy atom. The Labute approximate surface area is 160 Å². The fourth-order valence-corrected chi connectivity index (χ4v) is 2.21. The number of halogens is 6. The van der Waals surface area contributed by atoms with Gasteiger partial charge in [-0.25, -0.2) is 4.79 Å². The molecule has 1 aromatic carbocycles. The summed E-state index contributed by atoms with van der Waals surface area (Å²) in [5, 5.41) is 3.58. The number of urea groups is 1. The van der Waals surface area contributed by atoms with Gasteiger partial charge >= 0.3 is 24.0 Å². The van der Waals surface area contributed by atoms with E-state index in [1.807, 2.05) is 5.32 Å². The fourth-order valence-electron chi connectivity index (χ4n) is 2.21. The minimum atomic E-state index is -6.10. The maximum Gasteiger partial charge on any atom is 0.439 e. The number of carbonyl (C=O) groups excluding carboxylic acids is 2. The van der Waals surface area contributed by atoms with E-state index in [1.54, 1.807) is 18.2 Å². The highest BCUT2D eigenvalue weighted by Gasteiger charge is 2.73. The van der Waals surface area contributed by atoms with E-state index in [0.29, 0.717) is 5.56 Å². The summed E-state index contributed by atoms with van der Waals surface area (Å²) in [7, 11) is 0. The highest BCUT2D eigenvalue weighted by molar-refractivity contribution is 5.94. The number of carbonyl (C=O) groups is 2. The minimum Gasteiger partial charge on any atom is -0.334 e. The molecule has 1 heterocycles. The van der Waals surface area contributed by atoms with Crippen LogP contribution in [0.25, 0.3) is 0 Å². The third-order valence-corrected chi connectivity index (χ3v) is 3.67. The molecular weight excluding hydrogens is 406 g/mol. The van der Waals surface area contributed by atoms with E-state index in [1.165, 1.54) is 18.3 Å². The van der Waals surface area contributed by atoms with Crippen LogP contribution in [0.3, 0.4) is 0 Å². The van der Waals surface area contributed by atoms with Crippen LogP contribution in [0.15, 0.2) is 54.9 Å². The first kappa shape index (κ1) is 22.0. The Bertz CT molecular complexity index is 826. The third-order valence-electron chi connectivity index (χ3n) is 3.67. The molecule has 29 heavy (non-hydrogen) atoms. The van der Waals surface area contributed by atoms with E-state index in [0.717, 1.165) is 29.0 Å². The maximum absolute atomic E-state index is 13.5. The van der Waals surface area contributed by atoms with Crippen LogP contribution in [-0.4, -0.2) is 34.9 Å². The van der Waals surface area contributed by atoms with Gasteiger partial charge in [0, 0.05) is 18.9 Å². The number of aromatic nitrogens is 1. The summed E-state index contributed by atoms with van der Waals surface area (Å²) in [5.74, 6) is -1.73. The van der Waals surface area contributed by atoms with Gasteiger partial charge in [-0.3, -0.25) is 15.1 Å². The maximum atomic E-state index is 13.5. The monoisotopic (exact) mass is 420 g/mol. The van der Waals surface area contributed by atoms with Crippen molar-refractivity contribution in [2.45, 2.75) is 24.6 Å². The van der Waals surface area contributed by atoms with Gasteiger partial charge in [0.2, 0.25) is 0 Å². The first-order valence-electron chi connectivity index (χ1n) is 7.92. The molecule has 156 valence electrons. The van der Waals surface area contributed by atoms with Crippen LogP contribution in [-0.2, 0) is 6.54 Å². The summed E-state index contributed by atoms with van der Waals surface area (Å²) >= 11 is 0. The van der Waals surface area contributed by atoms with Crippen LogP contribution in [0.5, 0.6) is 0 Å². The molecule has 0 saturated heterocycles. The predicted molar refractivity (Wildman–Crippen MR) is 88.4 cm³/mol. The topological polar surface area (TPSA) is 83.1 Å². The number of rotatable bonds is 5. The van der Waals surface area contributed by atoms with Crippen molar-refractivity contribution in [3.63, 3.8) is 0 Å². The lowest BCUT2D eigenvalue weighted by Gasteiger charge is -2.38. The highest BCUT2D eigenvalue weighted by atomic mass is 19.4. The molecule has 0 radical (unpaired) electrons. The molecule has 0 fully saturated rings. The second-order valence-electron chi connectivity index (χ2n) is 5.73. The van der Waals surface area contributed by atoms with Gasteiger partial charge in [0.1, 0.15) is 0 Å². The van der Waals surface area contributed by atoms with Gasteiger partial charge in [0.25, 0.3) is 5.91 Å². The molecule has 0 unspecified atom stereocenters. The zero-order chi connectivity index (χ0) is 21.7. The summed E-state index contributed by atoms with van der Waals surface area (Å²) in [5.41, 5.74) is -5.14. The Balaban J connectivity index is 2.28. The second-order valence-corrected chi connectivity index (χ2v) is 5.73. The van der Waals surface area contributed by atoms with Gasteiger partial charge in [-0.1, -0.05) is 30.3 Å². The van der Waals surface area contributed by atoms with Gasteiger partial charge in [-0.2, -0.15) is 26.3 Å². The molecule has 0 spiro atoms. The van der Waals surface area contributed by atoms with Crippen LogP contribution in [0.1, 0.15) is 15.9 Å². The molecule has 0 bridgehead atoms. The molecule has 0 aliphatic carbocycles. The van der Waals surface area contributed by atoms with E-state index >= 15 is 0 Å². The average molecular weight is 420 g/mol. The largest absolute Gasteiger partial charge is 0.439 e. The lowest BCUT2D eigenvalue weighted by Crippen LogP contribution is -2.77. The summed E-state index contributed by atoms with van der Waals surface area (Å²) < 4.78 is 80.9. The number of hydrogen-bond acceptors (Lipinski definition) is 3. The number of pyridine rings is 1. The minimum absolute atomic E-state index is 0.338. The molecule has 0 aliphatic rings. The molecule has 0 saturated carbocycles.